The van der Waals surface area contributed by atoms with Crippen LogP contribution >= 0.6 is 0 Å². The van der Waals surface area contributed by atoms with E-state index in [0.717, 1.165) is 0 Å². The third kappa shape index (κ3) is 8.50. The average Bonchev–Trinajstić information content (AvgIpc) is 2.54. The van der Waals surface area contributed by atoms with Crippen LogP contribution in [0.25, 0.3) is 0 Å². The molecule has 3 N–H and O–H groups in total. The van der Waals surface area contributed by atoms with E-state index in [0.29, 0.717) is 24.1 Å². The van der Waals surface area contributed by atoms with Crippen LogP contribution in [-0.4, -0.2) is 54.3 Å². The zero-order chi connectivity index (χ0) is 18.8. The molecule has 0 spiro atoms. The predicted molar refractivity (Wildman–Crippen MR) is 92.0 cm³/mol. The van der Waals surface area contributed by atoms with Gasteiger partial charge >= 0.3 is 5.97 Å². The molecule has 0 atom stereocenters. The van der Waals surface area contributed by atoms with Gasteiger partial charge in [-0.05, 0) is 24.1 Å². The minimum atomic E-state index is -1.10. The van der Waals surface area contributed by atoms with Gasteiger partial charge in [-0.1, -0.05) is 12.1 Å². The van der Waals surface area contributed by atoms with Gasteiger partial charge in [0.05, 0.1) is 6.42 Å². The van der Waals surface area contributed by atoms with Gasteiger partial charge in [0, 0.05) is 32.6 Å². The number of nitrogens with zero attached hydrogens (tertiary/aromatic N) is 1. The molecule has 0 radical (unpaired) electrons. The summed E-state index contributed by atoms with van der Waals surface area (Å²) in [6.07, 6.45) is 1.11. The number of carbonyl (C=O) groups excluding carboxylic acids is 3. The minimum Gasteiger partial charge on any atom is -0.480 e. The zero-order valence-electron chi connectivity index (χ0n) is 14.4. The third-order valence-electron chi connectivity index (χ3n) is 3.33. The first-order chi connectivity index (χ1) is 11.8. The molecule has 25 heavy (non-hydrogen) atoms. The summed E-state index contributed by atoms with van der Waals surface area (Å²) in [6.45, 7) is -0.413. The highest BCUT2D eigenvalue weighted by Crippen LogP contribution is 2.11. The van der Waals surface area contributed by atoms with Crippen LogP contribution in [0.5, 0.6) is 0 Å². The first-order valence-electron chi connectivity index (χ1n) is 7.85. The summed E-state index contributed by atoms with van der Waals surface area (Å²) in [7, 11) is 3.35. The molecule has 0 aliphatic carbocycles. The van der Waals surface area contributed by atoms with Gasteiger partial charge in [0.1, 0.15) is 6.54 Å². The highest BCUT2D eigenvalue weighted by molar-refractivity contribution is 5.91. The van der Waals surface area contributed by atoms with Crippen molar-refractivity contribution in [1.82, 2.24) is 10.2 Å². The number of aliphatic carboxylic acids is 1. The molecule has 1 aromatic rings. The van der Waals surface area contributed by atoms with E-state index < -0.39 is 12.5 Å². The second-order valence-electron chi connectivity index (χ2n) is 5.73. The van der Waals surface area contributed by atoms with Crippen LogP contribution in [0.4, 0.5) is 5.69 Å². The SMILES string of the molecule is CN(C)C(=O)CCCC(=O)Nc1ccc(CC(=O)NCC(=O)O)cc1. The molecule has 0 saturated heterocycles. The van der Waals surface area contributed by atoms with E-state index in [1.165, 1.54) is 4.90 Å². The molecular formula is C17H23N3O5. The van der Waals surface area contributed by atoms with E-state index in [4.69, 9.17) is 5.11 Å². The summed E-state index contributed by atoms with van der Waals surface area (Å²) in [6, 6.07) is 6.71. The normalized spacial score (nSPS) is 10.0. The first kappa shape index (κ1) is 20.1. The fourth-order valence-electron chi connectivity index (χ4n) is 1.98. The predicted octanol–water partition coefficient (Wildman–Crippen LogP) is 0.627. The number of carboxylic acids is 1. The maximum atomic E-state index is 11.8. The summed E-state index contributed by atoms with van der Waals surface area (Å²) < 4.78 is 0. The van der Waals surface area contributed by atoms with Crippen LogP contribution in [0, 0.1) is 0 Å². The number of amides is 3. The van der Waals surface area contributed by atoms with E-state index >= 15 is 0 Å². The Labute approximate surface area is 146 Å². The van der Waals surface area contributed by atoms with Gasteiger partial charge in [0.15, 0.2) is 0 Å². The summed E-state index contributed by atoms with van der Waals surface area (Å²) >= 11 is 0. The van der Waals surface area contributed by atoms with Crippen LogP contribution in [-0.2, 0) is 25.6 Å². The van der Waals surface area contributed by atoms with Crippen LogP contribution < -0.4 is 10.6 Å². The molecule has 0 unspecified atom stereocenters. The van der Waals surface area contributed by atoms with Crippen LogP contribution in [0.3, 0.4) is 0 Å². The quantitative estimate of drug-likeness (QED) is 0.605. The van der Waals surface area contributed by atoms with Crippen molar-refractivity contribution in [2.45, 2.75) is 25.7 Å². The Morgan fingerprint density at radius 2 is 1.64 bits per heavy atom. The number of rotatable bonds is 9. The molecule has 0 aliphatic heterocycles. The number of hydrogen-bond donors (Lipinski definition) is 3. The van der Waals surface area contributed by atoms with Crippen molar-refractivity contribution in [3.05, 3.63) is 29.8 Å². The van der Waals surface area contributed by atoms with Gasteiger partial charge in [-0.2, -0.15) is 0 Å². The number of nitrogens with one attached hydrogen (secondary N) is 2. The largest absolute Gasteiger partial charge is 0.480 e. The Bertz CT molecular complexity index is 626. The molecule has 8 heteroatoms. The van der Waals surface area contributed by atoms with Crippen LogP contribution in [0.2, 0.25) is 0 Å². The van der Waals surface area contributed by atoms with Crippen molar-refractivity contribution in [2.75, 3.05) is 26.0 Å². The molecule has 1 aromatic carbocycles. The third-order valence-corrected chi connectivity index (χ3v) is 3.33. The Morgan fingerprint density at radius 3 is 2.20 bits per heavy atom. The topological polar surface area (TPSA) is 116 Å². The zero-order valence-corrected chi connectivity index (χ0v) is 14.4. The maximum Gasteiger partial charge on any atom is 0.322 e. The minimum absolute atomic E-state index is 0.0154. The van der Waals surface area contributed by atoms with Gasteiger partial charge in [0.25, 0.3) is 0 Å². The second kappa shape index (κ2) is 10.1. The molecule has 0 fully saturated rings. The molecule has 0 heterocycles. The number of benzene rings is 1. The first-order valence-corrected chi connectivity index (χ1v) is 7.85. The number of hydrogen-bond acceptors (Lipinski definition) is 4. The Balaban J connectivity index is 2.38. The monoisotopic (exact) mass is 349 g/mol. The van der Waals surface area contributed by atoms with Crippen molar-refractivity contribution in [1.29, 1.82) is 0 Å². The molecule has 0 bridgehead atoms. The van der Waals surface area contributed by atoms with Crippen molar-refractivity contribution in [3.63, 3.8) is 0 Å². The average molecular weight is 349 g/mol. The van der Waals surface area contributed by atoms with Crippen molar-refractivity contribution >= 4 is 29.4 Å². The number of carboxylic acid groups (broad SMARTS) is 1. The van der Waals surface area contributed by atoms with Gasteiger partial charge in [-0.25, -0.2) is 0 Å². The lowest BCUT2D eigenvalue weighted by molar-refractivity contribution is -0.137. The molecule has 0 aromatic heterocycles. The molecule has 8 nitrogen and oxygen atoms in total. The van der Waals surface area contributed by atoms with E-state index in [-0.39, 0.29) is 30.6 Å². The lowest BCUT2D eigenvalue weighted by Crippen LogP contribution is -2.30. The Morgan fingerprint density at radius 1 is 1.00 bits per heavy atom. The van der Waals surface area contributed by atoms with Crippen molar-refractivity contribution < 1.29 is 24.3 Å². The van der Waals surface area contributed by atoms with Gasteiger partial charge < -0.3 is 20.6 Å². The summed E-state index contributed by atoms with van der Waals surface area (Å²) in [4.78, 5) is 46.6. The Kier molecular flexibility index (Phi) is 8.11. The Hall–Kier alpha value is -2.90. The van der Waals surface area contributed by atoms with Crippen molar-refractivity contribution in [2.24, 2.45) is 0 Å². The van der Waals surface area contributed by atoms with Crippen LogP contribution in [0.1, 0.15) is 24.8 Å². The fourth-order valence-corrected chi connectivity index (χ4v) is 1.98. The maximum absolute atomic E-state index is 11.8. The molecule has 3 amide bonds. The highest BCUT2D eigenvalue weighted by atomic mass is 16.4. The molecule has 1 rings (SSSR count). The lowest BCUT2D eigenvalue weighted by atomic mass is 10.1. The highest BCUT2D eigenvalue weighted by Gasteiger charge is 2.08. The summed E-state index contributed by atoms with van der Waals surface area (Å²) in [5, 5.41) is 13.5. The fraction of sp³-hybridized carbons (Fsp3) is 0.412. The molecule has 0 aliphatic rings. The van der Waals surface area contributed by atoms with Crippen LogP contribution in [0.15, 0.2) is 24.3 Å². The molecular weight excluding hydrogens is 326 g/mol. The van der Waals surface area contributed by atoms with Gasteiger partial charge in [0.2, 0.25) is 17.7 Å². The summed E-state index contributed by atoms with van der Waals surface area (Å²) in [5.74, 6) is -1.68. The second-order valence-corrected chi connectivity index (χ2v) is 5.73. The van der Waals surface area contributed by atoms with E-state index in [2.05, 4.69) is 10.6 Å². The number of carbonyl (C=O) groups is 4. The van der Waals surface area contributed by atoms with E-state index in [9.17, 15) is 19.2 Å². The lowest BCUT2D eigenvalue weighted by Gasteiger charge is -2.10. The van der Waals surface area contributed by atoms with E-state index in [1.807, 2.05) is 0 Å². The van der Waals surface area contributed by atoms with Crippen molar-refractivity contribution in [3.8, 4) is 0 Å². The smallest absolute Gasteiger partial charge is 0.322 e. The summed E-state index contributed by atoms with van der Waals surface area (Å²) in [5.41, 5.74) is 1.30. The molecule has 0 saturated carbocycles. The van der Waals surface area contributed by atoms with Gasteiger partial charge in [-0.3, -0.25) is 19.2 Å². The molecule has 136 valence electrons. The number of anilines is 1. The standard InChI is InChI=1S/C17H23N3O5/c1-20(2)16(23)5-3-4-14(21)19-13-8-6-12(7-9-13)10-15(22)18-11-17(24)25/h6-9H,3-5,10-11H2,1-2H3,(H,18,22)(H,19,21)(H,24,25). The van der Waals surface area contributed by atoms with Gasteiger partial charge in [-0.15, -0.1) is 0 Å². The van der Waals surface area contributed by atoms with E-state index in [1.54, 1.807) is 38.4 Å².